The monoisotopic (exact) mass is 350 g/mol. The molecule has 0 saturated heterocycles. The molecule has 140 valence electrons. The van der Waals surface area contributed by atoms with Crippen molar-refractivity contribution in [3.05, 3.63) is 17.7 Å². The Morgan fingerprint density at radius 3 is 2.72 bits per heavy atom. The van der Waals surface area contributed by atoms with Gasteiger partial charge in [-0.25, -0.2) is 4.98 Å². The van der Waals surface area contributed by atoms with Crippen molar-refractivity contribution < 1.29 is 14.3 Å². The maximum Gasteiger partial charge on any atom is 0.274 e. The van der Waals surface area contributed by atoms with Crippen molar-refractivity contribution in [2.75, 3.05) is 33.4 Å². The number of nitrogens with one attached hydrogen (secondary N) is 1. The number of carbonyl (C=O) groups excluding carboxylic acids is 2. The first kappa shape index (κ1) is 19.4. The molecule has 1 aromatic heterocycles. The molecule has 2 rings (SSSR count). The highest BCUT2D eigenvalue weighted by atomic mass is 16.5. The molecule has 0 saturated carbocycles. The molecule has 0 fully saturated rings. The molecule has 7 heteroatoms. The van der Waals surface area contributed by atoms with E-state index in [4.69, 9.17) is 4.74 Å². The zero-order valence-corrected chi connectivity index (χ0v) is 15.6. The van der Waals surface area contributed by atoms with Crippen LogP contribution in [0.4, 0.5) is 0 Å². The second-order valence-corrected chi connectivity index (χ2v) is 6.50. The van der Waals surface area contributed by atoms with Gasteiger partial charge in [0.2, 0.25) is 5.91 Å². The summed E-state index contributed by atoms with van der Waals surface area (Å²) >= 11 is 0. The van der Waals surface area contributed by atoms with Crippen molar-refractivity contribution in [2.45, 2.75) is 46.1 Å². The fourth-order valence-electron chi connectivity index (χ4n) is 3.28. The van der Waals surface area contributed by atoms with E-state index < -0.39 is 0 Å². The summed E-state index contributed by atoms with van der Waals surface area (Å²) in [6.45, 7) is 7.27. The van der Waals surface area contributed by atoms with Gasteiger partial charge in [0.05, 0.1) is 24.5 Å². The summed E-state index contributed by atoms with van der Waals surface area (Å²) in [5.74, 6) is -0.0211. The van der Waals surface area contributed by atoms with E-state index in [-0.39, 0.29) is 17.7 Å². The van der Waals surface area contributed by atoms with Gasteiger partial charge in [0.15, 0.2) is 0 Å². The molecular formula is C18H30N4O3. The number of hydrogen-bond acceptors (Lipinski definition) is 4. The Morgan fingerprint density at radius 1 is 1.36 bits per heavy atom. The molecule has 2 amide bonds. The number of carbonyl (C=O) groups is 2. The maximum atomic E-state index is 12.8. The normalized spacial score (nSPS) is 16.4. The van der Waals surface area contributed by atoms with Gasteiger partial charge < -0.3 is 19.5 Å². The minimum absolute atomic E-state index is 0.0143. The average Bonchev–Trinajstić information content (AvgIpc) is 3.04. The van der Waals surface area contributed by atoms with Crippen molar-refractivity contribution >= 4 is 11.8 Å². The highest BCUT2D eigenvalue weighted by molar-refractivity contribution is 5.93. The second-order valence-electron chi connectivity index (χ2n) is 6.50. The average molecular weight is 350 g/mol. The molecule has 1 aromatic rings. The standard InChI is InChI=1S/C18H30N4O3/c1-4-9-21(10-5-2)18(24)16-15-7-6-14(12-22(15)13-20-16)17(23)19-8-11-25-3/h13-14H,4-12H2,1-3H3,(H,19,23). The number of fused-ring (bicyclic) bond motifs is 1. The zero-order chi connectivity index (χ0) is 18.2. The summed E-state index contributed by atoms with van der Waals surface area (Å²) in [5, 5.41) is 2.89. The molecular weight excluding hydrogens is 320 g/mol. The fourth-order valence-corrected chi connectivity index (χ4v) is 3.28. The zero-order valence-electron chi connectivity index (χ0n) is 15.6. The van der Waals surface area contributed by atoms with Crippen LogP contribution in [0.3, 0.4) is 0 Å². The second kappa shape index (κ2) is 9.56. The first-order valence-electron chi connectivity index (χ1n) is 9.22. The van der Waals surface area contributed by atoms with Gasteiger partial charge in [-0.3, -0.25) is 9.59 Å². The highest BCUT2D eigenvalue weighted by Gasteiger charge is 2.29. The highest BCUT2D eigenvalue weighted by Crippen LogP contribution is 2.23. The van der Waals surface area contributed by atoms with Crippen molar-refractivity contribution in [2.24, 2.45) is 5.92 Å². The SMILES string of the molecule is CCCN(CCC)C(=O)c1ncn2c1CCC(C(=O)NCCOC)C2. The molecule has 0 radical (unpaired) electrons. The largest absolute Gasteiger partial charge is 0.383 e. The number of methoxy groups -OCH3 is 1. The molecule has 0 aromatic carbocycles. The third-order valence-electron chi connectivity index (χ3n) is 4.55. The van der Waals surface area contributed by atoms with Crippen molar-refractivity contribution in [3.63, 3.8) is 0 Å². The Bertz CT molecular complexity index is 579. The summed E-state index contributed by atoms with van der Waals surface area (Å²) in [7, 11) is 1.61. The summed E-state index contributed by atoms with van der Waals surface area (Å²) < 4.78 is 6.92. The summed E-state index contributed by atoms with van der Waals surface area (Å²) in [6, 6.07) is 0. The van der Waals surface area contributed by atoms with Gasteiger partial charge in [0.1, 0.15) is 5.69 Å². The van der Waals surface area contributed by atoms with E-state index in [0.717, 1.165) is 38.0 Å². The molecule has 25 heavy (non-hydrogen) atoms. The number of rotatable bonds is 9. The predicted molar refractivity (Wildman–Crippen MR) is 95.4 cm³/mol. The van der Waals surface area contributed by atoms with E-state index in [2.05, 4.69) is 24.1 Å². The molecule has 1 atom stereocenters. The molecule has 0 aliphatic carbocycles. The summed E-state index contributed by atoms with van der Waals surface area (Å²) in [6.07, 6.45) is 5.02. The third kappa shape index (κ3) is 4.81. The number of nitrogens with zero attached hydrogens (tertiary/aromatic N) is 3. The van der Waals surface area contributed by atoms with Crippen LogP contribution >= 0.6 is 0 Å². The van der Waals surface area contributed by atoms with Crippen LogP contribution in [0.1, 0.15) is 49.3 Å². The van der Waals surface area contributed by atoms with E-state index in [9.17, 15) is 9.59 Å². The first-order valence-corrected chi connectivity index (χ1v) is 9.22. The number of imidazole rings is 1. The molecule has 0 spiro atoms. The molecule has 1 aliphatic rings. The van der Waals surface area contributed by atoms with Crippen molar-refractivity contribution in [3.8, 4) is 0 Å². The van der Waals surface area contributed by atoms with E-state index in [1.807, 2.05) is 9.47 Å². The van der Waals surface area contributed by atoms with Crippen LogP contribution in [0.15, 0.2) is 6.33 Å². The molecule has 2 heterocycles. The topological polar surface area (TPSA) is 76.5 Å². The predicted octanol–water partition coefficient (Wildman–Crippen LogP) is 1.47. The van der Waals surface area contributed by atoms with Crippen LogP contribution in [-0.4, -0.2) is 59.6 Å². The summed E-state index contributed by atoms with van der Waals surface area (Å²) in [5.41, 5.74) is 1.52. The number of amides is 2. The lowest BCUT2D eigenvalue weighted by atomic mass is 9.96. The van der Waals surface area contributed by atoms with Crippen molar-refractivity contribution in [1.29, 1.82) is 0 Å². The molecule has 7 nitrogen and oxygen atoms in total. The van der Waals surface area contributed by atoms with Crippen LogP contribution in [0.5, 0.6) is 0 Å². The smallest absolute Gasteiger partial charge is 0.274 e. The van der Waals surface area contributed by atoms with Crippen LogP contribution in [0, 0.1) is 5.92 Å². The van der Waals surface area contributed by atoms with Gasteiger partial charge in [0, 0.05) is 33.3 Å². The van der Waals surface area contributed by atoms with E-state index in [1.165, 1.54) is 0 Å². The van der Waals surface area contributed by atoms with Crippen LogP contribution < -0.4 is 5.32 Å². The number of aromatic nitrogens is 2. The molecule has 1 aliphatic heterocycles. The van der Waals surface area contributed by atoms with Gasteiger partial charge in [-0.15, -0.1) is 0 Å². The van der Waals surface area contributed by atoms with E-state index in [0.29, 0.717) is 31.8 Å². The Labute approximate surface area is 149 Å². The number of ether oxygens (including phenoxy) is 1. The Hall–Kier alpha value is -1.89. The lowest BCUT2D eigenvalue weighted by Gasteiger charge is -2.25. The summed E-state index contributed by atoms with van der Waals surface area (Å²) in [4.78, 5) is 31.3. The maximum absolute atomic E-state index is 12.8. The Kier molecular flexibility index (Phi) is 7.43. The van der Waals surface area contributed by atoms with Gasteiger partial charge in [0.25, 0.3) is 5.91 Å². The Balaban J connectivity index is 2.04. The third-order valence-corrected chi connectivity index (χ3v) is 4.55. The number of hydrogen-bond donors (Lipinski definition) is 1. The fraction of sp³-hybridized carbons (Fsp3) is 0.722. The molecule has 1 N–H and O–H groups in total. The van der Waals surface area contributed by atoms with Gasteiger partial charge in [-0.1, -0.05) is 13.8 Å². The lowest BCUT2D eigenvalue weighted by molar-refractivity contribution is -0.126. The Morgan fingerprint density at radius 2 is 2.08 bits per heavy atom. The van der Waals surface area contributed by atoms with E-state index in [1.54, 1.807) is 13.4 Å². The molecule has 0 bridgehead atoms. The lowest BCUT2D eigenvalue weighted by Crippen LogP contribution is -2.38. The quantitative estimate of drug-likeness (QED) is 0.684. The molecule has 1 unspecified atom stereocenters. The minimum Gasteiger partial charge on any atom is -0.383 e. The van der Waals surface area contributed by atoms with Crippen molar-refractivity contribution in [1.82, 2.24) is 19.8 Å². The van der Waals surface area contributed by atoms with Crippen LogP contribution in [0.2, 0.25) is 0 Å². The van der Waals surface area contributed by atoms with Gasteiger partial charge in [-0.05, 0) is 25.7 Å². The van der Waals surface area contributed by atoms with Gasteiger partial charge >= 0.3 is 0 Å². The van der Waals surface area contributed by atoms with Crippen LogP contribution in [-0.2, 0) is 22.5 Å². The minimum atomic E-state index is -0.0797. The van der Waals surface area contributed by atoms with Crippen LogP contribution in [0.25, 0.3) is 0 Å². The van der Waals surface area contributed by atoms with E-state index >= 15 is 0 Å². The van der Waals surface area contributed by atoms with Gasteiger partial charge in [-0.2, -0.15) is 0 Å². The first-order chi connectivity index (χ1) is 12.1.